The van der Waals surface area contributed by atoms with Crippen LogP contribution in [0.1, 0.15) is 30.9 Å². The number of methoxy groups -OCH3 is 1. The van der Waals surface area contributed by atoms with E-state index in [0.717, 1.165) is 25.5 Å². The summed E-state index contributed by atoms with van der Waals surface area (Å²) in [5, 5.41) is 2.90. The number of esters is 1. The summed E-state index contributed by atoms with van der Waals surface area (Å²) in [6.07, 6.45) is 1.90. The van der Waals surface area contributed by atoms with Gasteiger partial charge in [0, 0.05) is 13.0 Å². The number of nitrogens with one attached hydrogen (secondary N) is 1. The molecular formula is C17H20F2N2O3. The SMILES string of the molecule is COC(=O)[C@@]1(F)CCN(C(=O)N[C@H](c2ccc(F)cc2)C2CC2)C1. The molecule has 0 spiro atoms. The second-order valence-electron chi connectivity index (χ2n) is 6.44. The van der Waals surface area contributed by atoms with Gasteiger partial charge >= 0.3 is 12.0 Å². The van der Waals surface area contributed by atoms with Gasteiger partial charge in [-0.05, 0) is 36.5 Å². The minimum absolute atomic E-state index is 0.0717. The van der Waals surface area contributed by atoms with E-state index in [0.29, 0.717) is 5.92 Å². The Balaban J connectivity index is 1.67. The summed E-state index contributed by atoms with van der Waals surface area (Å²) in [7, 11) is 1.13. The van der Waals surface area contributed by atoms with E-state index in [1.165, 1.54) is 17.0 Å². The fraction of sp³-hybridized carbons (Fsp3) is 0.529. The summed E-state index contributed by atoms with van der Waals surface area (Å²) < 4.78 is 32.0. The van der Waals surface area contributed by atoms with E-state index >= 15 is 0 Å². The zero-order chi connectivity index (χ0) is 17.3. The smallest absolute Gasteiger partial charge is 0.345 e. The number of likely N-dealkylation sites (tertiary alicyclic amines) is 1. The standard InChI is InChI=1S/C17H20F2N2O3/c1-24-15(22)17(19)8-9-21(10-17)16(23)20-14(11-2-3-11)12-4-6-13(18)7-5-12/h4-7,11,14H,2-3,8-10H2,1H3,(H,20,23)/t14-,17+/m0/s1. The van der Waals surface area contributed by atoms with Crippen molar-refractivity contribution < 1.29 is 23.1 Å². The van der Waals surface area contributed by atoms with Crippen LogP contribution in [0.25, 0.3) is 0 Å². The van der Waals surface area contributed by atoms with E-state index in [2.05, 4.69) is 10.1 Å². The summed E-state index contributed by atoms with van der Waals surface area (Å²) in [5.41, 5.74) is -1.32. The van der Waals surface area contributed by atoms with Crippen molar-refractivity contribution in [3.63, 3.8) is 0 Å². The third-order valence-electron chi connectivity index (χ3n) is 4.66. The Morgan fingerprint density at radius 2 is 2.00 bits per heavy atom. The summed E-state index contributed by atoms with van der Waals surface area (Å²) in [5.74, 6) is -0.979. The van der Waals surface area contributed by atoms with Gasteiger partial charge < -0.3 is 15.0 Å². The number of carbonyl (C=O) groups excluding carboxylic acids is 2. The molecule has 1 aromatic rings. The fourth-order valence-electron chi connectivity index (χ4n) is 3.09. The highest BCUT2D eigenvalue weighted by atomic mass is 19.1. The zero-order valence-electron chi connectivity index (χ0n) is 13.4. The van der Waals surface area contributed by atoms with Crippen LogP contribution in [0.3, 0.4) is 0 Å². The van der Waals surface area contributed by atoms with Gasteiger partial charge in [0.25, 0.3) is 0 Å². The maximum absolute atomic E-state index is 14.5. The van der Waals surface area contributed by atoms with Crippen LogP contribution in [0.2, 0.25) is 0 Å². The number of nitrogens with zero attached hydrogens (tertiary/aromatic N) is 1. The van der Waals surface area contributed by atoms with Gasteiger partial charge in [0.05, 0.1) is 19.7 Å². The van der Waals surface area contributed by atoms with Gasteiger partial charge in [-0.2, -0.15) is 0 Å². The number of hydrogen-bond donors (Lipinski definition) is 1. The molecule has 7 heteroatoms. The van der Waals surface area contributed by atoms with Gasteiger partial charge in [-0.15, -0.1) is 0 Å². The number of carbonyl (C=O) groups is 2. The Hall–Kier alpha value is -2.18. The largest absolute Gasteiger partial charge is 0.467 e. The predicted octanol–water partition coefficient (Wildman–Crippen LogP) is 2.57. The van der Waals surface area contributed by atoms with Crippen molar-refractivity contribution in [2.24, 2.45) is 5.92 Å². The van der Waals surface area contributed by atoms with Crippen LogP contribution in [-0.4, -0.2) is 42.8 Å². The number of ether oxygens (including phenoxy) is 1. The third-order valence-corrected chi connectivity index (χ3v) is 4.66. The topological polar surface area (TPSA) is 58.6 Å². The molecule has 5 nitrogen and oxygen atoms in total. The predicted molar refractivity (Wildman–Crippen MR) is 82.4 cm³/mol. The van der Waals surface area contributed by atoms with E-state index < -0.39 is 17.7 Å². The normalized spacial score (nSPS) is 24.5. The number of hydrogen-bond acceptors (Lipinski definition) is 3. The van der Waals surface area contributed by atoms with E-state index in [1.807, 2.05) is 0 Å². The quantitative estimate of drug-likeness (QED) is 0.859. The van der Waals surface area contributed by atoms with E-state index in [4.69, 9.17) is 0 Å². The van der Waals surface area contributed by atoms with Crippen molar-refractivity contribution in [3.05, 3.63) is 35.6 Å². The number of alkyl halides is 1. The van der Waals surface area contributed by atoms with E-state index in [1.54, 1.807) is 12.1 Å². The molecule has 0 unspecified atom stereocenters. The van der Waals surface area contributed by atoms with Gasteiger partial charge in [0.2, 0.25) is 5.67 Å². The first-order valence-corrected chi connectivity index (χ1v) is 8.01. The van der Waals surface area contributed by atoms with Crippen LogP contribution in [0.5, 0.6) is 0 Å². The molecule has 1 N–H and O–H groups in total. The number of benzene rings is 1. The molecule has 24 heavy (non-hydrogen) atoms. The number of rotatable bonds is 4. The fourth-order valence-corrected chi connectivity index (χ4v) is 3.09. The summed E-state index contributed by atoms with van der Waals surface area (Å²) in [6, 6.07) is 5.37. The molecule has 1 aliphatic carbocycles. The minimum Gasteiger partial charge on any atom is -0.467 e. The van der Waals surface area contributed by atoms with E-state index in [-0.39, 0.29) is 31.4 Å². The molecule has 1 aromatic carbocycles. The van der Waals surface area contributed by atoms with E-state index in [9.17, 15) is 18.4 Å². The highest BCUT2D eigenvalue weighted by Gasteiger charge is 2.48. The molecule has 2 atom stereocenters. The molecule has 1 saturated carbocycles. The zero-order valence-corrected chi connectivity index (χ0v) is 13.4. The van der Waals surface area contributed by atoms with Crippen LogP contribution in [0, 0.1) is 11.7 Å². The highest BCUT2D eigenvalue weighted by molar-refractivity contribution is 5.83. The second-order valence-corrected chi connectivity index (χ2v) is 6.44. The van der Waals surface area contributed by atoms with Crippen molar-refractivity contribution in [2.75, 3.05) is 20.2 Å². The minimum atomic E-state index is -2.14. The Morgan fingerprint density at radius 3 is 2.58 bits per heavy atom. The molecule has 2 amide bonds. The Bertz CT molecular complexity index is 633. The van der Waals surface area contributed by atoms with Crippen molar-refractivity contribution in [3.8, 4) is 0 Å². The molecule has 2 aliphatic rings. The summed E-state index contributed by atoms with van der Waals surface area (Å²) in [6.45, 7) is -0.162. The number of urea groups is 1. The second kappa shape index (κ2) is 6.37. The van der Waals surface area contributed by atoms with Crippen molar-refractivity contribution in [2.45, 2.75) is 31.0 Å². The average Bonchev–Trinajstić information content (AvgIpc) is 3.34. The molecule has 0 bridgehead atoms. The maximum Gasteiger partial charge on any atom is 0.345 e. The molecule has 1 saturated heterocycles. The van der Waals surface area contributed by atoms with Crippen LogP contribution >= 0.6 is 0 Å². The Kier molecular flexibility index (Phi) is 4.43. The molecule has 1 aliphatic heterocycles. The van der Waals surface area contributed by atoms with Crippen LogP contribution in [0.15, 0.2) is 24.3 Å². The molecule has 2 fully saturated rings. The average molecular weight is 338 g/mol. The Labute approximate surface area is 139 Å². The Morgan fingerprint density at radius 1 is 1.33 bits per heavy atom. The highest BCUT2D eigenvalue weighted by Crippen LogP contribution is 2.41. The van der Waals surface area contributed by atoms with Crippen molar-refractivity contribution >= 4 is 12.0 Å². The lowest BCUT2D eigenvalue weighted by atomic mass is 10.0. The summed E-state index contributed by atoms with van der Waals surface area (Å²) in [4.78, 5) is 25.2. The molecule has 1 heterocycles. The van der Waals surface area contributed by atoms with Gasteiger partial charge in [-0.25, -0.2) is 18.4 Å². The molecule has 130 valence electrons. The first kappa shape index (κ1) is 16.7. The number of halogens is 2. The monoisotopic (exact) mass is 338 g/mol. The molecule has 0 radical (unpaired) electrons. The van der Waals surface area contributed by atoms with Crippen molar-refractivity contribution in [1.82, 2.24) is 10.2 Å². The summed E-state index contributed by atoms with van der Waals surface area (Å²) >= 11 is 0. The maximum atomic E-state index is 14.5. The lowest BCUT2D eigenvalue weighted by Crippen LogP contribution is -2.44. The number of amides is 2. The first-order chi connectivity index (χ1) is 11.4. The molecule has 0 aromatic heterocycles. The van der Waals surface area contributed by atoms with Gasteiger partial charge in [0.1, 0.15) is 5.82 Å². The van der Waals surface area contributed by atoms with Crippen molar-refractivity contribution in [1.29, 1.82) is 0 Å². The molecular weight excluding hydrogens is 318 g/mol. The van der Waals surface area contributed by atoms with Crippen LogP contribution in [0.4, 0.5) is 13.6 Å². The lowest BCUT2D eigenvalue weighted by Gasteiger charge is -2.24. The lowest BCUT2D eigenvalue weighted by molar-refractivity contribution is -0.153. The van der Waals surface area contributed by atoms with Crippen LogP contribution in [-0.2, 0) is 9.53 Å². The van der Waals surface area contributed by atoms with Gasteiger partial charge in [0.15, 0.2) is 0 Å². The van der Waals surface area contributed by atoms with Gasteiger partial charge in [-0.1, -0.05) is 12.1 Å². The van der Waals surface area contributed by atoms with Crippen LogP contribution < -0.4 is 5.32 Å². The first-order valence-electron chi connectivity index (χ1n) is 8.01. The third kappa shape index (κ3) is 3.34. The van der Waals surface area contributed by atoms with Gasteiger partial charge in [-0.3, -0.25) is 0 Å². The molecule has 3 rings (SSSR count).